The lowest BCUT2D eigenvalue weighted by molar-refractivity contribution is 0.101. The number of amides is 1. The molecule has 140 valence electrons. The van der Waals surface area contributed by atoms with E-state index in [9.17, 15) is 13.2 Å². The summed E-state index contributed by atoms with van der Waals surface area (Å²) in [6, 6.07) is 14.9. The minimum atomic E-state index is -4.08. The molecule has 1 amide bonds. The van der Waals surface area contributed by atoms with Gasteiger partial charge in [0.2, 0.25) is 0 Å². The fourth-order valence-corrected chi connectivity index (χ4v) is 6.06. The maximum Gasteiger partial charge on any atom is 0.282 e. The molecule has 1 heterocycles. The van der Waals surface area contributed by atoms with E-state index in [0.29, 0.717) is 15.0 Å². The first-order valence-electron chi connectivity index (χ1n) is 7.89. The lowest BCUT2D eigenvalue weighted by Gasteiger charge is -2.24. The standard InChI is InChI=1S/C19H15Br2NO3S2/c1-12-7-6-10-16(13(12)2)22(19(23)17-11-15(20)18(21)26-17)27(24,25)14-8-4-3-5-9-14/h3-11H,1-2H3. The predicted octanol–water partition coefficient (Wildman–Crippen LogP) is 5.93. The first kappa shape index (κ1) is 20.3. The molecule has 4 nitrogen and oxygen atoms in total. The van der Waals surface area contributed by atoms with Crippen LogP contribution in [-0.4, -0.2) is 14.3 Å². The summed E-state index contributed by atoms with van der Waals surface area (Å²) in [6.45, 7) is 3.70. The van der Waals surface area contributed by atoms with E-state index in [1.54, 1.807) is 36.4 Å². The van der Waals surface area contributed by atoms with Gasteiger partial charge in [0.15, 0.2) is 0 Å². The van der Waals surface area contributed by atoms with Gasteiger partial charge in [0.25, 0.3) is 15.9 Å². The van der Waals surface area contributed by atoms with E-state index in [1.807, 2.05) is 19.9 Å². The molecule has 0 N–H and O–H groups in total. The molecule has 27 heavy (non-hydrogen) atoms. The third kappa shape index (κ3) is 3.89. The van der Waals surface area contributed by atoms with Gasteiger partial charge in [-0.05, 0) is 81.1 Å². The van der Waals surface area contributed by atoms with Crippen molar-refractivity contribution in [2.45, 2.75) is 18.7 Å². The topological polar surface area (TPSA) is 54.5 Å². The average molecular weight is 529 g/mol. The molecule has 3 rings (SSSR count). The van der Waals surface area contributed by atoms with Crippen molar-refractivity contribution < 1.29 is 13.2 Å². The van der Waals surface area contributed by atoms with Crippen LogP contribution in [0.5, 0.6) is 0 Å². The Morgan fingerprint density at radius 1 is 1.00 bits per heavy atom. The van der Waals surface area contributed by atoms with Crippen LogP contribution in [0.2, 0.25) is 0 Å². The van der Waals surface area contributed by atoms with E-state index in [2.05, 4.69) is 31.9 Å². The van der Waals surface area contributed by atoms with Crippen molar-refractivity contribution in [2.24, 2.45) is 0 Å². The van der Waals surface area contributed by atoms with Crippen molar-refractivity contribution in [3.05, 3.63) is 78.9 Å². The third-order valence-corrected chi connectivity index (χ3v) is 9.07. The predicted molar refractivity (Wildman–Crippen MR) is 116 cm³/mol. The number of hydrogen-bond donors (Lipinski definition) is 0. The van der Waals surface area contributed by atoms with E-state index < -0.39 is 15.9 Å². The highest BCUT2D eigenvalue weighted by Gasteiger charge is 2.34. The van der Waals surface area contributed by atoms with Crippen molar-refractivity contribution in [2.75, 3.05) is 4.31 Å². The van der Waals surface area contributed by atoms with Gasteiger partial charge in [0, 0.05) is 4.47 Å². The Bertz CT molecular complexity index is 1090. The molecule has 1 aromatic heterocycles. The molecule has 0 fully saturated rings. The van der Waals surface area contributed by atoms with Crippen LogP contribution in [0.1, 0.15) is 20.8 Å². The first-order chi connectivity index (χ1) is 12.7. The molecule has 0 aliphatic carbocycles. The summed E-state index contributed by atoms with van der Waals surface area (Å²) >= 11 is 7.90. The van der Waals surface area contributed by atoms with Gasteiger partial charge in [-0.2, -0.15) is 4.31 Å². The average Bonchev–Trinajstić information content (AvgIpc) is 2.98. The minimum Gasteiger partial charge on any atom is -0.267 e. The number of sulfonamides is 1. The van der Waals surface area contributed by atoms with Crippen LogP contribution in [-0.2, 0) is 10.0 Å². The third-order valence-electron chi connectivity index (χ3n) is 4.12. The molecule has 0 saturated heterocycles. The number of anilines is 1. The number of halogens is 2. The number of carbonyl (C=O) groups excluding carboxylic acids is 1. The van der Waals surface area contributed by atoms with Crippen LogP contribution in [0.4, 0.5) is 5.69 Å². The smallest absolute Gasteiger partial charge is 0.267 e. The summed E-state index contributed by atoms with van der Waals surface area (Å²) in [5.74, 6) is -0.594. The van der Waals surface area contributed by atoms with Crippen molar-refractivity contribution in [1.82, 2.24) is 0 Å². The molecule has 3 aromatic rings. The molecule has 0 radical (unpaired) electrons. The Hall–Kier alpha value is -1.48. The summed E-state index contributed by atoms with van der Waals surface area (Å²) < 4.78 is 29.1. The van der Waals surface area contributed by atoms with Gasteiger partial charge in [0.05, 0.1) is 19.2 Å². The Morgan fingerprint density at radius 3 is 2.26 bits per heavy atom. The maximum atomic E-state index is 13.4. The summed E-state index contributed by atoms with van der Waals surface area (Å²) in [5, 5.41) is 0. The van der Waals surface area contributed by atoms with Gasteiger partial charge in [-0.3, -0.25) is 4.79 Å². The zero-order chi connectivity index (χ0) is 19.8. The highest BCUT2D eigenvalue weighted by Crippen LogP contribution is 2.36. The van der Waals surface area contributed by atoms with Gasteiger partial charge < -0.3 is 0 Å². The first-order valence-corrected chi connectivity index (χ1v) is 11.7. The lowest BCUT2D eigenvalue weighted by Crippen LogP contribution is -2.37. The van der Waals surface area contributed by atoms with E-state index in [0.717, 1.165) is 19.2 Å². The lowest BCUT2D eigenvalue weighted by atomic mass is 10.1. The van der Waals surface area contributed by atoms with Crippen LogP contribution in [0, 0.1) is 13.8 Å². The number of rotatable bonds is 4. The Kier molecular flexibility index (Phi) is 5.90. The number of thiophene rings is 1. The van der Waals surface area contributed by atoms with Gasteiger partial charge in [-0.15, -0.1) is 11.3 Å². The zero-order valence-corrected chi connectivity index (χ0v) is 19.2. The summed E-state index contributed by atoms with van der Waals surface area (Å²) in [7, 11) is -4.08. The number of benzene rings is 2. The maximum absolute atomic E-state index is 13.4. The van der Waals surface area contributed by atoms with Crippen LogP contribution < -0.4 is 4.31 Å². The fourth-order valence-electron chi connectivity index (χ4n) is 2.55. The van der Waals surface area contributed by atoms with Gasteiger partial charge in [-0.1, -0.05) is 30.3 Å². The van der Waals surface area contributed by atoms with Gasteiger partial charge in [0.1, 0.15) is 0 Å². The monoisotopic (exact) mass is 527 g/mol. The summed E-state index contributed by atoms with van der Waals surface area (Å²) in [4.78, 5) is 13.7. The second-order valence-electron chi connectivity index (χ2n) is 5.84. The second kappa shape index (κ2) is 7.87. The van der Waals surface area contributed by atoms with E-state index in [1.165, 1.54) is 23.5 Å². The van der Waals surface area contributed by atoms with E-state index >= 15 is 0 Å². The fraction of sp³-hybridized carbons (Fsp3) is 0.105. The molecule has 0 atom stereocenters. The quantitative estimate of drug-likeness (QED) is 0.422. The van der Waals surface area contributed by atoms with Gasteiger partial charge in [-0.25, -0.2) is 8.42 Å². The molecule has 0 aliphatic rings. The zero-order valence-electron chi connectivity index (χ0n) is 14.4. The Labute approximate surface area is 179 Å². The number of hydrogen-bond acceptors (Lipinski definition) is 4. The normalized spacial score (nSPS) is 11.4. The number of nitrogens with zero attached hydrogens (tertiary/aromatic N) is 1. The van der Waals surface area contributed by atoms with Crippen molar-refractivity contribution in [1.29, 1.82) is 0 Å². The molecular formula is C19H15Br2NO3S2. The number of carbonyl (C=O) groups is 1. The van der Waals surface area contributed by atoms with Crippen LogP contribution in [0.25, 0.3) is 0 Å². The van der Waals surface area contributed by atoms with Crippen LogP contribution >= 0.6 is 43.2 Å². The SMILES string of the molecule is Cc1cccc(N(C(=O)c2cc(Br)c(Br)s2)S(=O)(=O)c2ccccc2)c1C. The van der Waals surface area contributed by atoms with Crippen molar-refractivity contribution in [3.63, 3.8) is 0 Å². The minimum absolute atomic E-state index is 0.0638. The summed E-state index contributed by atoms with van der Waals surface area (Å²) in [5.41, 5.74) is 1.99. The van der Waals surface area contributed by atoms with Crippen molar-refractivity contribution >= 4 is 64.8 Å². The van der Waals surface area contributed by atoms with Crippen LogP contribution in [0.15, 0.2) is 67.8 Å². The van der Waals surface area contributed by atoms with Crippen LogP contribution in [0.3, 0.4) is 0 Å². The highest BCUT2D eigenvalue weighted by atomic mass is 79.9. The Morgan fingerprint density at radius 2 is 1.67 bits per heavy atom. The van der Waals surface area contributed by atoms with E-state index in [4.69, 9.17) is 0 Å². The molecule has 0 saturated carbocycles. The Balaban J connectivity index is 2.24. The largest absolute Gasteiger partial charge is 0.282 e. The number of aryl methyl sites for hydroxylation is 1. The van der Waals surface area contributed by atoms with E-state index in [-0.39, 0.29) is 4.90 Å². The molecule has 0 spiro atoms. The molecule has 2 aromatic carbocycles. The summed E-state index contributed by atoms with van der Waals surface area (Å²) in [6.07, 6.45) is 0. The molecule has 0 unspecified atom stereocenters. The molecule has 8 heteroatoms. The van der Waals surface area contributed by atoms with Gasteiger partial charge >= 0.3 is 0 Å². The molecule has 0 aliphatic heterocycles. The highest BCUT2D eigenvalue weighted by molar-refractivity contribution is 9.13. The van der Waals surface area contributed by atoms with Crippen molar-refractivity contribution in [3.8, 4) is 0 Å². The molecular weight excluding hydrogens is 514 g/mol. The second-order valence-corrected chi connectivity index (χ2v) is 10.9. The molecule has 0 bridgehead atoms.